The van der Waals surface area contributed by atoms with Gasteiger partial charge in [-0.05, 0) is 33.1 Å². The molecule has 1 rings (SSSR count). The molecule has 0 fully saturated rings. The fourth-order valence-electron chi connectivity index (χ4n) is 1.67. The highest BCUT2D eigenvalue weighted by atomic mass is 16.5. The first-order valence-corrected chi connectivity index (χ1v) is 7.09. The molecule has 1 N–H and O–H groups in total. The molecule has 108 valence electrons. The van der Waals surface area contributed by atoms with Gasteiger partial charge in [-0.2, -0.15) is 0 Å². The van der Waals surface area contributed by atoms with Gasteiger partial charge in [0.05, 0.1) is 24.7 Å². The van der Waals surface area contributed by atoms with Crippen LogP contribution in [0.3, 0.4) is 0 Å². The van der Waals surface area contributed by atoms with Crippen molar-refractivity contribution in [1.82, 2.24) is 15.3 Å². The van der Waals surface area contributed by atoms with Crippen LogP contribution in [0.1, 0.15) is 53.2 Å². The van der Waals surface area contributed by atoms with E-state index in [0.29, 0.717) is 18.4 Å². The van der Waals surface area contributed by atoms with E-state index in [2.05, 4.69) is 49.9 Å². The molecule has 0 aliphatic carbocycles. The van der Waals surface area contributed by atoms with E-state index in [-0.39, 0.29) is 5.54 Å². The van der Waals surface area contributed by atoms with E-state index >= 15 is 0 Å². The van der Waals surface area contributed by atoms with Crippen molar-refractivity contribution >= 4 is 0 Å². The predicted octanol–water partition coefficient (Wildman–Crippen LogP) is 3.18. The SMILES string of the molecule is CCCC(C)COc1cnc(CNC(C)(C)C)cn1. The molecule has 0 spiro atoms. The Morgan fingerprint density at radius 3 is 2.53 bits per heavy atom. The molecule has 1 heterocycles. The smallest absolute Gasteiger partial charge is 0.232 e. The van der Waals surface area contributed by atoms with Crippen molar-refractivity contribution in [2.45, 2.75) is 59.5 Å². The summed E-state index contributed by atoms with van der Waals surface area (Å²) in [6.07, 6.45) is 5.85. The number of nitrogens with one attached hydrogen (secondary N) is 1. The summed E-state index contributed by atoms with van der Waals surface area (Å²) in [6, 6.07) is 0. The molecule has 1 atom stereocenters. The van der Waals surface area contributed by atoms with Crippen LogP contribution in [0.5, 0.6) is 5.88 Å². The van der Waals surface area contributed by atoms with Crippen molar-refractivity contribution in [3.8, 4) is 5.88 Å². The molecular formula is C15H27N3O. The van der Waals surface area contributed by atoms with Gasteiger partial charge in [-0.15, -0.1) is 0 Å². The van der Waals surface area contributed by atoms with Gasteiger partial charge in [0.25, 0.3) is 0 Å². The monoisotopic (exact) mass is 265 g/mol. The molecule has 0 bridgehead atoms. The van der Waals surface area contributed by atoms with Gasteiger partial charge in [0, 0.05) is 12.1 Å². The van der Waals surface area contributed by atoms with Crippen LogP contribution >= 0.6 is 0 Å². The molecule has 0 radical (unpaired) electrons. The molecule has 0 saturated heterocycles. The van der Waals surface area contributed by atoms with Crippen molar-refractivity contribution in [3.05, 3.63) is 18.1 Å². The molecular weight excluding hydrogens is 238 g/mol. The Kier molecular flexibility index (Phi) is 6.22. The summed E-state index contributed by atoms with van der Waals surface area (Å²) in [4.78, 5) is 8.64. The molecule has 0 aliphatic heterocycles. The lowest BCUT2D eigenvalue weighted by Gasteiger charge is -2.20. The molecule has 0 saturated carbocycles. The van der Waals surface area contributed by atoms with E-state index in [1.807, 2.05) is 0 Å². The number of hydrogen-bond acceptors (Lipinski definition) is 4. The molecule has 0 aromatic carbocycles. The third kappa shape index (κ3) is 7.11. The van der Waals surface area contributed by atoms with Gasteiger partial charge < -0.3 is 10.1 Å². The Morgan fingerprint density at radius 2 is 2.00 bits per heavy atom. The standard InChI is InChI=1S/C15H27N3O/c1-6-7-12(2)11-19-14-10-16-13(8-17-14)9-18-15(3,4)5/h8,10,12,18H,6-7,9,11H2,1-5H3. The topological polar surface area (TPSA) is 47.0 Å². The average molecular weight is 265 g/mol. The van der Waals surface area contributed by atoms with E-state index in [0.717, 1.165) is 12.2 Å². The maximum atomic E-state index is 5.63. The summed E-state index contributed by atoms with van der Waals surface area (Å²) < 4.78 is 5.63. The quantitative estimate of drug-likeness (QED) is 0.822. The van der Waals surface area contributed by atoms with Crippen LogP contribution in [0.25, 0.3) is 0 Å². The maximum absolute atomic E-state index is 5.63. The normalized spacial score (nSPS) is 13.3. The van der Waals surface area contributed by atoms with Crippen LogP contribution in [0.15, 0.2) is 12.4 Å². The van der Waals surface area contributed by atoms with E-state index in [4.69, 9.17) is 4.74 Å². The highest BCUT2D eigenvalue weighted by Crippen LogP contribution is 2.10. The predicted molar refractivity (Wildman–Crippen MR) is 78.2 cm³/mol. The largest absolute Gasteiger partial charge is 0.476 e. The van der Waals surface area contributed by atoms with Crippen molar-refractivity contribution < 1.29 is 4.74 Å². The molecule has 0 amide bonds. The van der Waals surface area contributed by atoms with Crippen LogP contribution in [-0.2, 0) is 6.54 Å². The number of ether oxygens (including phenoxy) is 1. The van der Waals surface area contributed by atoms with Crippen LogP contribution in [0.2, 0.25) is 0 Å². The van der Waals surface area contributed by atoms with Crippen LogP contribution < -0.4 is 10.1 Å². The third-order valence-corrected chi connectivity index (χ3v) is 2.78. The van der Waals surface area contributed by atoms with Crippen molar-refractivity contribution in [2.75, 3.05) is 6.61 Å². The van der Waals surface area contributed by atoms with E-state index in [1.165, 1.54) is 12.8 Å². The van der Waals surface area contributed by atoms with Crippen LogP contribution in [0.4, 0.5) is 0 Å². The summed E-state index contributed by atoms with van der Waals surface area (Å²) in [5.74, 6) is 1.18. The van der Waals surface area contributed by atoms with Gasteiger partial charge in [0.15, 0.2) is 0 Å². The molecule has 1 aromatic heterocycles. The lowest BCUT2D eigenvalue weighted by molar-refractivity contribution is 0.242. The second kappa shape index (κ2) is 7.43. The van der Waals surface area contributed by atoms with Crippen molar-refractivity contribution in [1.29, 1.82) is 0 Å². The Balaban J connectivity index is 2.39. The minimum Gasteiger partial charge on any atom is -0.476 e. The van der Waals surface area contributed by atoms with Crippen molar-refractivity contribution in [3.63, 3.8) is 0 Å². The maximum Gasteiger partial charge on any atom is 0.232 e. The summed E-state index contributed by atoms with van der Waals surface area (Å²) in [5.41, 5.74) is 1.02. The Hall–Kier alpha value is -1.16. The first-order valence-electron chi connectivity index (χ1n) is 7.09. The van der Waals surface area contributed by atoms with Gasteiger partial charge in [-0.25, -0.2) is 4.98 Å². The molecule has 1 unspecified atom stereocenters. The second-order valence-electron chi connectivity index (χ2n) is 6.15. The number of nitrogens with zero attached hydrogens (tertiary/aromatic N) is 2. The zero-order valence-electron chi connectivity index (χ0n) is 12.9. The minimum absolute atomic E-state index is 0.0897. The highest BCUT2D eigenvalue weighted by Gasteiger charge is 2.09. The Bertz CT molecular complexity index is 357. The van der Waals surface area contributed by atoms with Crippen LogP contribution in [0, 0.1) is 5.92 Å². The number of rotatable bonds is 7. The van der Waals surface area contributed by atoms with Crippen LogP contribution in [-0.4, -0.2) is 22.1 Å². The summed E-state index contributed by atoms with van der Waals surface area (Å²) in [7, 11) is 0. The molecule has 4 heteroatoms. The summed E-state index contributed by atoms with van der Waals surface area (Å²) in [6.45, 7) is 12.2. The van der Waals surface area contributed by atoms with Gasteiger partial charge in [-0.3, -0.25) is 4.98 Å². The fraction of sp³-hybridized carbons (Fsp3) is 0.733. The lowest BCUT2D eigenvalue weighted by atomic mass is 10.1. The van der Waals surface area contributed by atoms with Gasteiger partial charge in [0.1, 0.15) is 0 Å². The minimum atomic E-state index is 0.0897. The zero-order valence-corrected chi connectivity index (χ0v) is 12.9. The molecule has 0 aliphatic rings. The van der Waals surface area contributed by atoms with E-state index in [1.54, 1.807) is 12.4 Å². The first-order chi connectivity index (χ1) is 8.90. The second-order valence-corrected chi connectivity index (χ2v) is 6.15. The Morgan fingerprint density at radius 1 is 1.26 bits per heavy atom. The third-order valence-electron chi connectivity index (χ3n) is 2.78. The molecule has 4 nitrogen and oxygen atoms in total. The van der Waals surface area contributed by atoms with Crippen molar-refractivity contribution in [2.24, 2.45) is 5.92 Å². The number of aromatic nitrogens is 2. The Labute approximate surface area is 117 Å². The zero-order chi connectivity index (χ0) is 14.3. The summed E-state index contributed by atoms with van der Waals surface area (Å²) in [5, 5.41) is 3.38. The van der Waals surface area contributed by atoms with Gasteiger partial charge in [0.2, 0.25) is 5.88 Å². The lowest BCUT2D eigenvalue weighted by Crippen LogP contribution is -2.35. The van der Waals surface area contributed by atoms with Gasteiger partial charge in [-0.1, -0.05) is 20.3 Å². The molecule has 1 aromatic rings. The summed E-state index contributed by atoms with van der Waals surface area (Å²) >= 11 is 0. The van der Waals surface area contributed by atoms with E-state index in [9.17, 15) is 0 Å². The number of hydrogen-bond donors (Lipinski definition) is 1. The first kappa shape index (κ1) is 15.9. The van der Waals surface area contributed by atoms with E-state index < -0.39 is 0 Å². The van der Waals surface area contributed by atoms with Gasteiger partial charge >= 0.3 is 0 Å². The molecule has 19 heavy (non-hydrogen) atoms. The fourth-order valence-corrected chi connectivity index (χ4v) is 1.67. The average Bonchev–Trinajstić information content (AvgIpc) is 2.34. The highest BCUT2D eigenvalue weighted by molar-refractivity contribution is 5.07.